The third-order valence-electron chi connectivity index (χ3n) is 6.14. The van der Waals surface area contributed by atoms with Crippen LogP contribution in [-0.2, 0) is 6.54 Å². The summed E-state index contributed by atoms with van der Waals surface area (Å²) in [6.45, 7) is 2.20. The fraction of sp³-hybridized carbons (Fsp3) is 0.259. The quantitative estimate of drug-likeness (QED) is 0.367. The van der Waals surface area contributed by atoms with Crippen LogP contribution in [0.1, 0.15) is 18.4 Å². The number of hydrogen-bond donors (Lipinski definition) is 0. The zero-order valence-electron chi connectivity index (χ0n) is 20.2. The fourth-order valence-corrected chi connectivity index (χ4v) is 4.22. The van der Waals surface area contributed by atoms with E-state index in [0.29, 0.717) is 17.3 Å². The van der Waals surface area contributed by atoms with Crippen molar-refractivity contribution in [2.75, 3.05) is 20.1 Å². The first-order valence-corrected chi connectivity index (χ1v) is 11.7. The van der Waals surface area contributed by atoms with Gasteiger partial charge in [-0.25, -0.2) is 23.4 Å². The maximum Gasteiger partial charge on any atom is 0.267 e. The molecule has 10 heteroatoms. The molecule has 2 aromatic carbocycles. The molecule has 0 radical (unpaired) electrons. The molecule has 5 rings (SSSR count). The second kappa shape index (κ2) is 11.6. The van der Waals surface area contributed by atoms with Gasteiger partial charge in [-0.3, -0.25) is 4.79 Å². The number of rotatable bonds is 6. The van der Waals surface area contributed by atoms with Crippen molar-refractivity contribution in [1.82, 2.24) is 24.6 Å². The first-order valence-electron chi connectivity index (χ1n) is 11.7. The molecule has 1 saturated heterocycles. The van der Waals surface area contributed by atoms with Gasteiger partial charge >= 0.3 is 0 Å². The van der Waals surface area contributed by atoms with E-state index in [1.54, 1.807) is 12.4 Å². The number of aromatic nitrogens is 4. The summed E-state index contributed by atoms with van der Waals surface area (Å²) in [5.74, 6) is -0.234. The highest BCUT2D eigenvalue weighted by atomic mass is 35.5. The van der Waals surface area contributed by atoms with Crippen molar-refractivity contribution >= 4 is 12.4 Å². The minimum absolute atomic E-state index is 0. The Balaban J connectivity index is 0.00000320. The van der Waals surface area contributed by atoms with Gasteiger partial charge in [0.1, 0.15) is 17.7 Å². The van der Waals surface area contributed by atoms with Crippen molar-refractivity contribution in [2.45, 2.75) is 25.5 Å². The van der Waals surface area contributed by atoms with Gasteiger partial charge in [0.2, 0.25) is 0 Å². The number of likely N-dealkylation sites (tertiary alicyclic amines) is 1. The number of hydrogen-bond acceptors (Lipinski definition) is 6. The number of ether oxygens (including phenoxy) is 1. The van der Waals surface area contributed by atoms with Crippen molar-refractivity contribution in [1.29, 1.82) is 0 Å². The van der Waals surface area contributed by atoms with E-state index < -0.39 is 11.6 Å². The molecular weight excluding hydrogens is 500 g/mol. The van der Waals surface area contributed by atoms with Gasteiger partial charge in [0.05, 0.1) is 24.6 Å². The van der Waals surface area contributed by atoms with Crippen molar-refractivity contribution in [3.8, 4) is 28.4 Å². The summed E-state index contributed by atoms with van der Waals surface area (Å²) in [7, 11) is 2.11. The van der Waals surface area contributed by atoms with E-state index >= 15 is 0 Å². The molecule has 0 amide bonds. The molecule has 1 aliphatic rings. The lowest BCUT2D eigenvalue weighted by Gasteiger charge is -2.29. The topological polar surface area (TPSA) is 73.1 Å². The van der Waals surface area contributed by atoms with Crippen LogP contribution in [0.2, 0.25) is 0 Å². The number of benzene rings is 2. The van der Waals surface area contributed by atoms with Crippen molar-refractivity contribution in [2.24, 2.45) is 0 Å². The Kier molecular flexibility index (Phi) is 8.25. The first kappa shape index (κ1) is 26.4. The van der Waals surface area contributed by atoms with Crippen LogP contribution in [0.25, 0.3) is 22.6 Å². The van der Waals surface area contributed by atoms with Crippen LogP contribution in [0.4, 0.5) is 8.78 Å². The second-order valence-corrected chi connectivity index (χ2v) is 8.94. The van der Waals surface area contributed by atoms with E-state index in [4.69, 9.17) is 4.74 Å². The Bertz CT molecular complexity index is 1400. The van der Waals surface area contributed by atoms with Crippen LogP contribution < -0.4 is 10.3 Å². The van der Waals surface area contributed by atoms with Gasteiger partial charge in [-0.1, -0.05) is 18.2 Å². The zero-order valence-corrected chi connectivity index (χ0v) is 21.0. The first-order chi connectivity index (χ1) is 17.4. The van der Waals surface area contributed by atoms with Gasteiger partial charge in [-0.2, -0.15) is 5.10 Å². The predicted molar refractivity (Wildman–Crippen MR) is 139 cm³/mol. The zero-order chi connectivity index (χ0) is 25.1. The van der Waals surface area contributed by atoms with Gasteiger partial charge < -0.3 is 9.64 Å². The maximum absolute atomic E-state index is 13.6. The number of nitrogens with zero attached hydrogens (tertiary/aromatic N) is 5. The van der Waals surface area contributed by atoms with Gasteiger partial charge in [0.15, 0.2) is 11.6 Å². The molecule has 0 spiro atoms. The molecule has 0 unspecified atom stereocenters. The lowest BCUT2D eigenvalue weighted by molar-refractivity contribution is 0.113. The smallest absolute Gasteiger partial charge is 0.267 e. The van der Waals surface area contributed by atoms with E-state index in [2.05, 4.69) is 27.0 Å². The monoisotopic (exact) mass is 525 g/mol. The number of piperidine rings is 1. The maximum atomic E-state index is 13.6. The van der Waals surface area contributed by atoms with Crippen LogP contribution >= 0.6 is 12.4 Å². The highest BCUT2D eigenvalue weighted by Crippen LogP contribution is 2.22. The minimum atomic E-state index is -0.708. The van der Waals surface area contributed by atoms with E-state index in [9.17, 15) is 13.6 Å². The van der Waals surface area contributed by atoms with Crippen LogP contribution in [-0.4, -0.2) is 50.9 Å². The summed E-state index contributed by atoms with van der Waals surface area (Å²) < 4.78 is 34.6. The van der Waals surface area contributed by atoms with E-state index in [0.717, 1.165) is 43.1 Å². The highest BCUT2D eigenvalue weighted by molar-refractivity contribution is 5.85. The molecule has 1 aliphatic heterocycles. The summed E-state index contributed by atoms with van der Waals surface area (Å²) in [5, 5.41) is 4.31. The van der Waals surface area contributed by atoms with Crippen molar-refractivity contribution in [3.05, 3.63) is 94.5 Å². The summed E-state index contributed by atoms with van der Waals surface area (Å²) in [4.78, 5) is 23.6. The van der Waals surface area contributed by atoms with Crippen LogP contribution in [0.15, 0.2) is 71.8 Å². The molecule has 0 atom stereocenters. The van der Waals surface area contributed by atoms with Crippen LogP contribution in [0.5, 0.6) is 5.75 Å². The third kappa shape index (κ3) is 6.55. The average molecular weight is 526 g/mol. The van der Waals surface area contributed by atoms with Gasteiger partial charge in [0, 0.05) is 36.3 Å². The third-order valence-corrected chi connectivity index (χ3v) is 6.14. The summed E-state index contributed by atoms with van der Waals surface area (Å²) in [6.07, 6.45) is 5.48. The van der Waals surface area contributed by atoms with E-state index in [-0.39, 0.29) is 36.2 Å². The Labute approximate surface area is 219 Å². The lowest BCUT2D eigenvalue weighted by atomic mass is 10.1. The molecule has 0 saturated carbocycles. The van der Waals surface area contributed by atoms with Crippen molar-refractivity contribution in [3.63, 3.8) is 0 Å². The Morgan fingerprint density at radius 3 is 2.35 bits per heavy atom. The summed E-state index contributed by atoms with van der Waals surface area (Å²) in [6, 6.07) is 13.4. The van der Waals surface area contributed by atoms with Crippen molar-refractivity contribution < 1.29 is 13.5 Å². The van der Waals surface area contributed by atoms with E-state index in [1.807, 2.05) is 24.3 Å². The Morgan fingerprint density at radius 2 is 1.65 bits per heavy atom. The lowest BCUT2D eigenvalue weighted by Crippen LogP contribution is -2.35. The standard InChI is InChI=1S/C27H25F2N5O2.ClH/c1-33-9-7-23(8-10-33)36-24-15-30-27(31-16-24)19-4-2-3-18(11-19)17-34-26(35)6-5-25(32-34)20-12-21(28)14-22(29)13-20;/h2-6,11-16,23H,7-10,17H2,1H3;1H. The largest absolute Gasteiger partial charge is 0.487 e. The number of halogens is 3. The van der Waals surface area contributed by atoms with Gasteiger partial charge in [-0.05, 0) is 49.7 Å². The molecule has 0 N–H and O–H groups in total. The second-order valence-electron chi connectivity index (χ2n) is 8.94. The van der Waals surface area contributed by atoms with Gasteiger partial charge in [0.25, 0.3) is 5.56 Å². The average Bonchev–Trinajstić information content (AvgIpc) is 2.87. The van der Waals surface area contributed by atoms with Crippen LogP contribution in [0.3, 0.4) is 0 Å². The highest BCUT2D eigenvalue weighted by Gasteiger charge is 2.18. The van der Waals surface area contributed by atoms with Crippen LogP contribution in [0, 0.1) is 11.6 Å². The summed E-state index contributed by atoms with van der Waals surface area (Å²) >= 11 is 0. The normalized spacial score (nSPS) is 14.2. The predicted octanol–water partition coefficient (Wildman–Crippen LogP) is 4.59. The van der Waals surface area contributed by atoms with E-state index in [1.165, 1.54) is 28.9 Å². The Morgan fingerprint density at radius 1 is 0.946 bits per heavy atom. The molecule has 0 bridgehead atoms. The molecule has 7 nitrogen and oxygen atoms in total. The molecule has 3 heterocycles. The molecule has 0 aliphatic carbocycles. The van der Waals surface area contributed by atoms with Gasteiger partial charge in [-0.15, -0.1) is 12.4 Å². The molecule has 4 aromatic rings. The Hall–Kier alpha value is -3.69. The minimum Gasteiger partial charge on any atom is -0.487 e. The SMILES string of the molecule is CN1CCC(Oc2cnc(-c3cccc(Cn4nc(-c5cc(F)cc(F)c5)ccc4=O)c3)nc2)CC1.Cl. The molecule has 192 valence electrons. The molecule has 37 heavy (non-hydrogen) atoms. The molecule has 1 fully saturated rings. The molecule has 2 aromatic heterocycles. The molecular formula is C27H26ClF2N5O2. The fourth-order valence-electron chi connectivity index (χ4n) is 4.22. The summed E-state index contributed by atoms with van der Waals surface area (Å²) in [5.41, 5.74) is 1.82.